The number of thiocarbonyl (C=S) groups is 1. The van der Waals surface area contributed by atoms with Gasteiger partial charge in [-0.3, -0.25) is 19.1 Å². The van der Waals surface area contributed by atoms with Crippen LogP contribution in [0.4, 0.5) is 5.82 Å². The van der Waals surface area contributed by atoms with Gasteiger partial charge in [-0.15, -0.1) is 6.58 Å². The number of nitriles is 1. The molecule has 2 fully saturated rings. The summed E-state index contributed by atoms with van der Waals surface area (Å²) >= 11 is 6.59. The minimum atomic E-state index is -0.313. The summed E-state index contributed by atoms with van der Waals surface area (Å²) in [7, 11) is 1.70. The topological polar surface area (TPSA) is 69.3 Å². The van der Waals surface area contributed by atoms with E-state index in [1.807, 2.05) is 6.07 Å². The van der Waals surface area contributed by atoms with Crippen LogP contribution in [0.15, 0.2) is 22.4 Å². The van der Waals surface area contributed by atoms with Gasteiger partial charge in [-0.1, -0.05) is 43.9 Å². The molecule has 0 aromatic carbocycles. The van der Waals surface area contributed by atoms with E-state index in [9.17, 15) is 14.9 Å². The van der Waals surface area contributed by atoms with Crippen molar-refractivity contribution in [3.05, 3.63) is 44.6 Å². The third-order valence-corrected chi connectivity index (χ3v) is 6.97. The highest BCUT2D eigenvalue weighted by molar-refractivity contribution is 8.26. The van der Waals surface area contributed by atoms with Crippen LogP contribution in [0.2, 0.25) is 0 Å². The Kier molecular flexibility index (Phi) is 6.53. The van der Waals surface area contributed by atoms with Gasteiger partial charge >= 0.3 is 0 Å². The van der Waals surface area contributed by atoms with Gasteiger partial charge in [0.15, 0.2) is 0 Å². The largest absolute Gasteiger partial charge is 0.357 e. The second-order valence-electron chi connectivity index (χ2n) is 8.15. The number of rotatable bonds is 4. The second-order valence-corrected chi connectivity index (χ2v) is 9.82. The molecule has 0 spiro atoms. The van der Waals surface area contributed by atoms with E-state index in [1.54, 1.807) is 30.7 Å². The first kappa shape index (κ1) is 22.3. The molecule has 2 aliphatic heterocycles. The van der Waals surface area contributed by atoms with Crippen LogP contribution < -0.4 is 10.5 Å². The number of carbonyl (C=O) groups is 1. The van der Waals surface area contributed by atoms with Crippen molar-refractivity contribution in [2.45, 2.75) is 27.2 Å². The standard InChI is InChI=1S/C22H26N4O2S2/c1-6-7-26-21(28)18(30-22(26)29)9-16-15(4)17(10-23)20(27)24(5)19(16)25-11-13(2)8-14(3)12-25/h6,9,13-14H,1,7-8,11-12H2,2-5H3/b18-9+. The molecule has 8 heteroatoms. The Balaban J connectivity index is 2.21. The van der Waals surface area contributed by atoms with Gasteiger partial charge in [0.2, 0.25) is 0 Å². The highest BCUT2D eigenvalue weighted by atomic mass is 32.2. The van der Waals surface area contributed by atoms with Crippen molar-refractivity contribution in [3.8, 4) is 6.07 Å². The summed E-state index contributed by atoms with van der Waals surface area (Å²) in [5, 5.41) is 9.59. The fourth-order valence-electron chi connectivity index (χ4n) is 4.35. The summed E-state index contributed by atoms with van der Waals surface area (Å²) in [6.07, 6.45) is 4.56. The van der Waals surface area contributed by atoms with E-state index in [1.165, 1.54) is 16.7 Å². The van der Waals surface area contributed by atoms with Gasteiger partial charge in [-0.05, 0) is 36.8 Å². The van der Waals surface area contributed by atoms with Gasteiger partial charge in [0.1, 0.15) is 21.8 Å². The second kappa shape index (κ2) is 8.78. The molecule has 2 atom stereocenters. The molecule has 3 heterocycles. The first-order chi connectivity index (χ1) is 14.2. The quantitative estimate of drug-likeness (QED) is 0.404. The maximum atomic E-state index is 12.9. The molecule has 2 saturated heterocycles. The molecule has 158 valence electrons. The van der Waals surface area contributed by atoms with Crippen LogP contribution in [-0.4, -0.2) is 39.3 Å². The number of carbonyl (C=O) groups excluding carboxylic acids is 1. The monoisotopic (exact) mass is 442 g/mol. The lowest BCUT2D eigenvalue weighted by molar-refractivity contribution is -0.121. The summed E-state index contributed by atoms with van der Waals surface area (Å²) in [5.74, 6) is 1.55. The Morgan fingerprint density at radius 2 is 1.93 bits per heavy atom. The summed E-state index contributed by atoms with van der Waals surface area (Å²) in [5.41, 5.74) is 1.11. The highest BCUT2D eigenvalue weighted by Gasteiger charge is 2.33. The van der Waals surface area contributed by atoms with E-state index in [2.05, 4.69) is 25.3 Å². The van der Waals surface area contributed by atoms with Gasteiger partial charge in [-0.25, -0.2) is 0 Å². The molecule has 0 N–H and O–H groups in total. The van der Waals surface area contributed by atoms with E-state index in [0.717, 1.165) is 30.9 Å². The number of amides is 1. The molecular formula is C22H26N4O2S2. The van der Waals surface area contributed by atoms with Gasteiger partial charge in [-0.2, -0.15) is 5.26 Å². The Hall–Kier alpha value is -2.37. The zero-order valence-electron chi connectivity index (χ0n) is 17.8. The minimum Gasteiger partial charge on any atom is -0.357 e. The van der Waals surface area contributed by atoms with Gasteiger partial charge < -0.3 is 4.90 Å². The number of piperidine rings is 1. The predicted octanol–water partition coefficient (Wildman–Crippen LogP) is 3.43. The van der Waals surface area contributed by atoms with E-state index in [0.29, 0.717) is 33.2 Å². The number of hydrogen-bond acceptors (Lipinski definition) is 6. The van der Waals surface area contributed by atoms with Gasteiger partial charge in [0.25, 0.3) is 11.5 Å². The first-order valence-electron chi connectivity index (χ1n) is 9.94. The van der Waals surface area contributed by atoms with Crippen LogP contribution in [-0.2, 0) is 11.8 Å². The van der Waals surface area contributed by atoms with E-state index < -0.39 is 0 Å². The Morgan fingerprint density at radius 1 is 1.30 bits per heavy atom. The van der Waals surface area contributed by atoms with Crippen molar-refractivity contribution in [2.75, 3.05) is 24.5 Å². The van der Waals surface area contributed by atoms with Gasteiger partial charge in [0.05, 0.1) is 4.91 Å². The Labute approximate surface area is 186 Å². The SMILES string of the molecule is C=CCN1C(=O)/C(=C\c2c(C)c(C#N)c(=O)n(C)c2N2CC(C)CC(C)C2)SC1=S. The van der Waals surface area contributed by atoms with E-state index in [-0.39, 0.29) is 17.0 Å². The minimum absolute atomic E-state index is 0.104. The fraction of sp³-hybridized carbons (Fsp3) is 0.455. The molecule has 6 nitrogen and oxygen atoms in total. The molecule has 3 rings (SSSR count). The van der Waals surface area contributed by atoms with Crippen molar-refractivity contribution in [3.63, 3.8) is 0 Å². The number of pyridine rings is 1. The van der Waals surface area contributed by atoms with Crippen LogP contribution in [0.3, 0.4) is 0 Å². The summed E-state index contributed by atoms with van der Waals surface area (Å²) in [4.78, 5) is 30.0. The molecule has 0 bridgehead atoms. The van der Waals surface area contributed by atoms with Crippen LogP contribution in [0, 0.1) is 30.1 Å². The molecule has 1 amide bonds. The zero-order valence-corrected chi connectivity index (χ0v) is 19.4. The molecule has 0 saturated carbocycles. The lowest BCUT2D eigenvalue weighted by atomic mass is 9.91. The van der Waals surface area contributed by atoms with Crippen molar-refractivity contribution in [2.24, 2.45) is 18.9 Å². The fourth-order valence-corrected chi connectivity index (χ4v) is 5.60. The molecule has 0 radical (unpaired) electrons. The molecule has 1 aromatic heterocycles. The van der Waals surface area contributed by atoms with Crippen molar-refractivity contribution in [1.82, 2.24) is 9.47 Å². The third kappa shape index (κ3) is 3.96. The summed E-state index contributed by atoms with van der Waals surface area (Å²) in [6, 6.07) is 2.04. The highest BCUT2D eigenvalue weighted by Crippen LogP contribution is 2.36. The van der Waals surface area contributed by atoms with Gasteiger partial charge in [0, 0.05) is 32.2 Å². The van der Waals surface area contributed by atoms with Crippen LogP contribution in [0.5, 0.6) is 0 Å². The zero-order chi connectivity index (χ0) is 22.2. The van der Waals surface area contributed by atoms with Crippen LogP contribution >= 0.6 is 24.0 Å². The first-order valence-corrected chi connectivity index (χ1v) is 11.2. The Bertz CT molecular complexity index is 1040. The van der Waals surface area contributed by atoms with Crippen LogP contribution in [0.25, 0.3) is 6.08 Å². The van der Waals surface area contributed by atoms with Crippen molar-refractivity contribution >= 4 is 46.1 Å². The molecule has 1 aromatic rings. The lowest BCUT2D eigenvalue weighted by Gasteiger charge is -2.38. The maximum Gasteiger partial charge on any atom is 0.270 e. The van der Waals surface area contributed by atoms with Crippen molar-refractivity contribution < 1.29 is 4.79 Å². The van der Waals surface area contributed by atoms with Crippen LogP contribution in [0.1, 0.15) is 37.0 Å². The predicted molar refractivity (Wildman–Crippen MR) is 126 cm³/mol. The number of thioether (sulfide) groups is 1. The number of aromatic nitrogens is 1. The third-order valence-electron chi connectivity index (χ3n) is 5.60. The van der Waals surface area contributed by atoms with Crippen molar-refractivity contribution in [1.29, 1.82) is 5.26 Å². The molecule has 0 aliphatic carbocycles. The van der Waals surface area contributed by atoms with E-state index >= 15 is 0 Å². The average molecular weight is 443 g/mol. The molecule has 30 heavy (non-hydrogen) atoms. The summed E-state index contributed by atoms with van der Waals surface area (Å²) in [6.45, 7) is 11.9. The smallest absolute Gasteiger partial charge is 0.270 e. The van der Waals surface area contributed by atoms with E-state index in [4.69, 9.17) is 12.2 Å². The maximum absolute atomic E-state index is 12.9. The summed E-state index contributed by atoms with van der Waals surface area (Å²) < 4.78 is 2.03. The molecule has 2 unspecified atom stereocenters. The Morgan fingerprint density at radius 3 is 2.50 bits per heavy atom. The normalized spacial score (nSPS) is 23.2. The number of nitrogens with zero attached hydrogens (tertiary/aromatic N) is 4. The molecular weight excluding hydrogens is 416 g/mol. The number of hydrogen-bond donors (Lipinski definition) is 0. The average Bonchev–Trinajstić information content (AvgIpc) is 2.93. The lowest BCUT2D eigenvalue weighted by Crippen LogP contribution is -2.42. The molecule has 2 aliphatic rings. The number of anilines is 1.